The summed E-state index contributed by atoms with van der Waals surface area (Å²) in [5, 5.41) is 4.72. The van der Waals surface area contributed by atoms with Crippen LogP contribution in [0.1, 0.15) is 0 Å². The zero-order valence-electron chi connectivity index (χ0n) is 34.4. The molecule has 2 aromatic heterocycles. The minimum atomic E-state index is 0.891. The van der Waals surface area contributed by atoms with Gasteiger partial charge in [-0.25, -0.2) is 0 Å². The predicted octanol–water partition coefficient (Wildman–Crippen LogP) is 16.8. The Balaban J connectivity index is 1.07. The Morgan fingerprint density at radius 3 is 1.54 bits per heavy atom. The van der Waals surface area contributed by atoms with Crippen LogP contribution in [0.3, 0.4) is 0 Å². The first-order valence-corrected chi connectivity index (χ1v) is 21.5. The highest BCUT2D eigenvalue weighted by Gasteiger charge is 2.22. The van der Waals surface area contributed by atoms with Crippen LogP contribution in [-0.4, -0.2) is 4.57 Å². The van der Waals surface area contributed by atoms with E-state index in [4.69, 9.17) is 4.42 Å². The highest BCUT2D eigenvalue weighted by molar-refractivity contribution is 6.11. The lowest BCUT2D eigenvalue weighted by Crippen LogP contribution is -2.11. The SMILES string of the molecule is c1ccc(-c2ccccc2-c2ccccc2N(c2cccc(-c3ccccc3-n3c4ccccc4c4ccccc43)c2)c2cccc(-c3cccc4c3oc3ccccc34)c2)cc1. The molecule has 0 aliphatic heterocycles. The second-order valence-electron chi connectivity index (χ2n) is 16.0. The van der Waals surface area contributed by atoms with E-state index in [1.807, 2.05) is 12.1 Å². The van der Waals surface area contributed by atoms with Crippen molar-refractivity contribution in [3.8, 4) is 50.2 Å². The molecule has 10 aromatic carbocycles. The Morgan fingerprint density at radius 1 is 0.317 bits per heavy atom. The number of aromatic nitrogens is 1. The lowest BCUT2D eigenvalue weighted by atomic mass is 9.93. The molecule has 0 fully saturated rings. The van der Waals surface area contributed by atoms with Gasteiger partial charge in [0.15, 0.2) is 0 Å². The molecule has 0 unspecified atom stereocenters. The summed E-state index contributed by atoms with van der Waals surface area (Å²) in [6.45, 7) is 0. The Kier molecular flexibility index (Phi) is 8.83. The van der Waals surface area contributed by atoms with Gasteiger partial charge in [0.2, 0.25) is 0 Å². The number of rotatable bonds is 8. The van der Waals surface area contributed by atoms with Crippen LogP contribution < -0.4 is 4.90 Å². The molecule has 0 saturated carbocycles. The summed E-state index contributed by atoms with van der Waals surface area (Å²) in [5.41, 5.74) is 17.5. The van der Waals surface area contributed by atoms with Crippen LogP contribution in [0.5, 0.6) is 0 Å². The molecule has 0 radical (unpaired) electrons. The molecule has 12 aromatic rings. The molecule has 0 atom stereocenters. The molecule has 3 heteroatoms. The smallest absolute Gasteiger partial charge is 0.143 e. The average molecular weight is 805 g/mol. The molecule has 0 aliphatic rings. The van der Waals surface area contributed by atoms with Crippen LogP contribution in [0.15, 0.2) is 247 Å². The number of hydrogen-bond acceptors (Lipinski definition) is 2. The molecule has 0 bridgehead atoms. The van der Waals surface area contributed by atoms with Crippen molar-refractivity contribution < 1.29 is 4.42 Å². The van der Waals surface area contributed by atoms with E-state index in [9.17, 15) is 0 Å². The second kappa shape index (κ2) is 15.3. The van der Waals surface area contributed by atoms with E-state index in [2.05, 4.69) is 240 Å². The van der Waals surface area contributed by atoms with Crippen molar-refractivity contribution in [3.05, 3.63) is 243 Å². The fourth-order valence-electron chi connectivity index (χ4n) is 9.61. The Morgan fingerprint density at radius 2 is 0.810 bits per heavy atom. The van der Waals surface area contributed by atoms with Crippen molar-refractivity contribution in [1.82, 2.24) is 4.57 Å². The maximum Gasteiger partial charge on any atom is 0.143 e. The molecule has 0 N–H and O–H groups in total. The lowest BCUT2D eigenvalue weighted by molar-refractivity contribution is 0.670. The number of benzene rings is 10. The van der Waals surface area contributed by atoms with E-state index >= 15 is 0 Å². The van der Waals surface area contributed by atoms with Gasteiger partial charge >= 0.3 is 0 Å². The van der Waals surface area contributed by atoms with E-state index in [-0.39, 0.29) is 0 Å². The monoisotopic (exact) mass is 804 g/mol. The number of anilines is 3. The van der Waals surface area contributed by atoms with Gasteiger partial charge < -0.3 is 13.9 Å². The van der Waals surface area contributed by atoms with Crippen molar-refractivity contribution in [1.29, 1.82) is 0 Å². The maximum atomic E-state index is 6.58. The van der Waals surface area contributed by atoms with Crippen molar-refractivity contribution >= 4 is 60.8 Å². The zero-order chi connectivity index (χ0) is 41.7. The van der Waals surface area contributed by atoms with E-state index in [1.165, 1.54) is 38.5 Å². The first-order chi connectivity index (χ1) is 31.3. The summed E-state index contributed by atoms with van der Waals surface area (Å²) >= 11 is 0. The first kappa shape index (κ1) is 36.5. The normalized spacial score (nSPS) is 11.5. The van der Waals surface area contributed by atoms with Gasteiger partial charge in [0, 0.05) is 49.6 Å². The van der Waals surface area contributed by atoms with Crippen LogP contribution in [0.4, 0.5) is 17.1 Å². The summed E-state index contributed by atoms with van der Waals surface area (Å²) in [6, 6.07) is 87.1. The van der Waals surface area contributed by atoms with Crippen molar-refractivity contribution in [3.63, 3.8) is 0 Å². The second-order valence-corrected chi connectivity index (χ2v) is 16.0. The molecule has 0 saturated heterocycles. The highest BCUT2D eigenvalue weighted by Crippen LogP contribution is 2.46. The quantitative estimate of drug-likeness (QED) is 0.153. The van der Waals surface area contributed by atoms with E-state index < -0.39 is 0 Å². The third-order valence-electron chi connectivity index (χ3n) is 12.4. The van der Waals surface area contributed by atoms with Crippen LogP contribution in [0.2, 0.25) is 0 Å². The van der Waals surface area contributed by atoms with Crippen LogP contribution in [0, 0.1) is 0 Å². The molecule has 0 spiro atoms. The zero-order valence-corrected chi connectivity index (χ0v) is 34.4. The molecule has 63 heavy (non-hydrogen) atoms. The third-order valence-corrected chi connectivity index (χ3v) is 12.4. The summed E-state index contributed by atoms with van der Waals surface area (Å²) in [4.78, 5) is 2.42. The van der Waals surface area contributed by atoms with Crippen molar-refractivity contribution in [2.24, 2.45) is 0 Å². The number of fused-ring (bicyclic) bond motifs is 6. The average Bonchev–Trinajstić information content (AvgIpc) is 3.91. The lowest BCUT2D eigenvalue weighted by Gasteiger charge is -2.29. The number of nitrogens with zero attached hydrogens (tertiary/aromatic N) is 2. The van der Waals surface area contributed by atoms with Gasteiger partial charge in [-0.1, -0.05) is 188 Å². The van der Waals surface area contributed by atoms with Gasteiger partial charge in [-0.15, -0.1) is 0 Å². The van der Waals surface area contributed by atoms with Gasteiger partial charge in [0.25, 0.3) is 0 Å². The number of hydrogen-bond donors (Lipinski definition) is 0. The largest absolute Gasteiger partial charge is 0.455 e. The highest BCUT2D eigenvalue weighted by atomic mass is 16.3. The van der Waals surface area contributed by atoms with Crippen molar-refractivity contribution in [2.75, 3.05) is 4.90 Å². The molecule has 3 nitrogen and oxygen atoms in total. The molecule has 0 aliphatic carbocycles. The Hall–Kier alpha value is -8.40. The van der Waals surface area contributed by atoms with E-state index in [0.29, 0.717) is 0 Å². The molecule has 2 heterocycles. The molecule has 12 rings (SSSR count). The minimum Gasteiger partial charge on any atom is -0.455 e. The topological polar surface area (TPSA) is 21.3 Å². The molecular formula is C60H40N2O. The molecule has 296 valence electrons. The summed E-state index contributed by atoms with van der Waals surface area (Å²) in [5.74, 6) is 0. The van der Waals surface area contributed by atoms with Crippen LogP contribution >= 0.6 is 0 Å². The molecular weight excluding hydrogens is 765 g/mol. The van der Waals surface area contributed by atoms with Crippen molar-refractivity contribution in [2.45, 2.75) is 0 Å². The number of para-hydroxylation sites is 6. The number of furan rings is 1. The van der Waals surface area contributed by atoms with Crippen LogP contribution in [0.25, 0.3) is 93.9 Å². The fourth-order valence-corrected chi connectivity index (χ4v) is 9.61. The van der Waals surface area contributed by atoms with Crippen LogP contribution in [-0.2, 0) is 0 Å². The summed E-state index contributed by atoms with van der Waals surface area (Å²) in [6.07, 6.45) is 0. The maximum absolute atomic E-state index is 6.58. The van der Waals surface area contributed by atoms with Gasteiger partial charge in [0.05, 0.1) is 22.4 Å². The third kappa shape index (κ3) is 6.21. The van der Waals surface area contributed by atoms with Gasteiger partial charge in [-0.05, 0) is 82.4 Å². The Bertz CT molecular complexity index is 3600. The fraction of sp³-hybridized carbons (Fsp3) is 0. The Labute approximate surface area is 366 Å². The van der Waals surface area contributed by atoms with Gasteiger partial charge in [-0.2, -0.15) is 0 Å². The molecule has 0 amide bonds. The van der Waals surface area contributed by atoms with Gasteiger partial charge in [0.1, 0.15) is 11.2 Å². The van der Waals surface area contributed by atoms with E-state index in [1.54, 1.807) is 0 Å². The summed E-state index contributed by atoms with van der Waals surface area (Å²) in [7, 11) is 0. The summed E-state index contributed by atoms with van der Waals surface area (Å²) < 4.78 is 9.00. The van der Waals surface area contributed by atoms with E-state index in [0.717, 1.165) is 72.5 Å². The minimum absolute atomic E-state index is 0.891. The standard InChI is InChI=1S/C60H40N2O/c1-2-19-41(20-3-1)46-25-4-5-27-49(46)50-28-7-12-35-56(50)61(45-24-17-22-43(40-45)48-32-18-33-54-53-31-10-15-38-59(53)63-60(48)54)44-23-16-21-42(39-44)47-26-6-11-34-55(47)62-57-36-13-8-29-51(57)52-30-9-14-37-58(52)62/h1-40H. The van der Waals surface area contributed by atoms with Gasteiger partial charge in [-0.3, -0.25) is 0 Å². The predicted molar refractivity (Wildman–Crippen MR) is 264 cm³/mol. The first-order valence-electron chi connectivity index (χ1n) is 21.5.